The van der Waals surface area contributed by atoms with Gasteiger partial charge in [-0.1, -0.05) is 0 Å². The Labute approximate surface area is 97.6 Å². The highest BCUT2D eigenvalue weighted by Gasteiger charge is 2.54. The molecule has 0 aliphatic carbocycles. The van der Waals surface area contributed by atoms with Crippen molar-refractivity contribution in [3.8, 4) is 0 Å². The molecule has 0 aromatic heterocycles. The first kappa shape index (κ1) is 14.3. The van der Waals surface area contributed by atoms with E-state index in [2.05, 4.69) is 4.74 Å². The Morgan fingerprint density at radius 3 is 2.65 bits per heavy atom. The number of rotatable bonds is 4. The SMILES string of the molecule is CCOC(=O)C(F)(F)[C@H](O)C1COC(C)(C)O1. The van der Waals surface area contributed by atoms with Crippen LogP contribution in [-0.4, -0.2) is 48.2 Å². The van der Waals surface area contributed by atoms with E-state index in [-0.39, 0.29) is 13.2 Å². The van der Waals surface area contributed by atoms with Gasteiger partial charge in [0.15, 0.2) is 11.9 Å². The lowest BCUT2D eigenvalue weighted by molar-refractivity contribution is -0.210. The molecule has 5 nitrogen and oxygen atoms in total. The number of hydrogen-bond acceptors (Lipinski definition) is 5. The van der Waals surface area contributed by atoms with Crippen LogP contribution >= 0.6 is 0 Å². The van der Waals surface area contributed by atoms with Crippen LogP contribution in [0.1, 0.15) is 20.8 Å². The highest BCUT2D eigenvalue weighted by atomic mass is 19.3. The first-order chi connectivity index (χ1) is 7.70. The van der Waals surface area contributed by atoms with Gasteiger partial charge in [0.25, 0.3) is 0 Å². The van der Waals surface area contributed by atoms with E-state index < -0.39 is 29.9 Å². The number of ether oxygens (including phenoxy) is 3. The van der Waals surface area contributed by atoms with Crippen LogP contribution < -0.4 is 0 Å². The zero-order valence-corrected chi connectivity index (χ0v) is 9.91. The number of halogens is 2. The van der Waals surface area contributed by atoms with Gasteiger partial charge in [0.1, 0.15) is 6.10 Å². The van der Waals surface area contributed by atoms with Gasteiger partial charge in [-0.3, -0.25) is 0 Å². The molecule has 1 fully saturated rings. The van der Waals surface area contributed by atoms with Crippen molar-refractivity contribution in [3.05, 3.63) is 0 Å². The summed E-state index contributed by atoms with van der Waals surface area (Å²) in [5, 5.41) is 9.45. The Bertz CT molecular complexity index is 292. The maximum absolute atomic E-state index is 13.4. The molecule has 2 atom stereocenters. The van der Waals surface area contributed by atoms with Crippen LogP contribution in [0.2, 0.25) is 0 Å². The number of aliphatic hydroxyl groups is 1. The van der Waals surface area contributed by atoms with Crippen LogP contribution in [0.5, 0.6) is 0 Å². The normalized spacial score (nSPS) is 25.6. The molecule has 0 bridgehead atoms. The van der Waals surface area contributed by atoms with Crippen molar-refractivity contribution >= 4 is 5.97 Å². The first-order valence-corrected chi connectivity index (χ1v) is 5.25. The van der Waals surface area contributed by atoms with Crippen molar-refractivity contribution in [2.75, 3.05) is 13.2 Å². The second-order valence-electron chi connectivity index (χ2n) is 4.16. The average Bonchev–Trinajstić information content (AvgIpc) is 2.58. The third kappa shape index (κ3) is 3.11. The second-order valence-corrected chi connectivity index (χ2v) is 4.16. The van der Waals surface area contributed by atoms with Gasteiger partial charge in [0.2, 0.25) is 0 Å². The van der Waals surface area contributed by atoms with Crippen molar-refractivity contribution in [2.45, 2.75) is 44.7 Å². The summed E-state index contributed by atoms with van der Waals surface area (Å²) in [5.74, 6) is -6.82. The van der Waals surface area contributed by atoms with E-state index in [1.807, 2.05) is 0 Å². The predicted molar refractivity (Wildman–Crippen MR) is 52.5 cm³/mol. The molecule has 1 saturated heterocycles. The minimum atomic E-state index is -4.01. The topological polar surface area (TPSA) is 65.0 Å². The van der Waals surface area contributed by atoms with Crippen LogP contribution in [0.3, 0.4) is 0 Å². The van der Waals surface area contributed by atoms with Gasteiger partial charge in [-0.25, -0.2) is 4.79 Å². The Hall–Kier alpha value is -0.790. The van der Waals surface area contributed by atoms with Crippen molar-refractivity contribution in [1.29, 1.82) is 0 Å². The van der Waals surface area contributed by atoms with Crippen LogP contribution in [-0.2, 0) is 19.0 Å². The number of carbonyl (C=O) groups excluding carboxylic acids is 1. The molecule has 0 radical (unpaired) electrons. The molecule has 0 aromatic rings. The summed E-state index contributed by atoms with van der Waals surface area (Å²) in [5.41, 5.74) is 0. The Morgan fingerprint density at radius 2 is 2.24 bits per heavy atom. The maximum atomic E-state index is 13.4. The van der Waals surface area contributed by atoms with Crippen molar-refractivity contribution in [3.63, 3.8) is 0 Å². The van der Waals surface area contributed by atoms with Crippen molar-refractivity contribution < 1.29 is 32.9 Å². The monoisotopic (exact) mass is 254 g/mol. The number of esters is 1. The molecule has 100 valence electrons. The lowest BCUT2D eigenvalue weighted by atomic mass is 10.1. The number of carbonyl (C=O) groups is 1. The first-order valence-electron chi connectivity index (χ1n) is 5.25. The summed E-state index contributed by atoms with van der Waals surface area (Å²) in [6, 6.07) is 0. The van der Waals surface area contributed by atoms with Crippen molar-refractivity contribution in [1.82, 2.24) is 0 Å². The Kier molecular flexibility index (Phi) is 4.06. The summed E-state index contributed by atoms with van der Waals surface area (Å²) in [4.78, 5) is 11.0. The molecule has 1 aliphatic heterocycles. The molecule has 17 heavy (non-hydrogen) atoms. The van der Waals surface area contributed by atoms with Crippen LogP contribution in [0, 0.1) is 0 Å². The molecule has 1 N–H and O–H groups in total. The summed E-state index contributed by atoms with van der Waals surface area (Å²) in [6.07, 6.45) is -3.55. The number of hydrogen-bond donors (Lipinski definition) is 1. The zero-order valence-electron chi connectivity index (χ0n) is 9.91. The summed E-state index contributed by atoms with van der Waals surface area (Å²) < 4.78 is 41.2. The zero-order chi connectivity index (χ0) is 13.3. The fourth-order valence-corrected chi connectivity index (χ4v) is 1.45. The fourth-order valence-electron chi connectivity index (χ4n) is 1.45. The van der Waals surface area contributed by atoms with Gasteiger partial charge in [-0.2, -0.15) is 8.78 Å². The standard InChI is InChI=1S/C10H16F2O5/c1-4-15-8(14)10(11,12)7(13)6-5-16-9(2,3)17-6/h6-7,13H,4-5H2,1-3H3/t6?,7-/m1/s1. The molecule has 1 heterocycles. The summed E-state index contributed by atoms with van der Waals surface area (Å²) in [6.45, 7) is 4.07. The highest BCUT2D eigenvalue weighted by molar-refractivity contribution is 5.78. The Morgan fingerprint density at radius 1 is 1.65 bits per heavy atom. The quantitative estimate of drug-likeness (QED) is 0.748. The van der Waals surface area contributed by atoms with E-state index in [0.29, 0.717) is 0 Å². The number of alkyl halides is 2. The van der Waals surface area contributed by atoms with Crippen LogP contribution in [0.25, 0.3) is 0 Å². The summed E-state index contributed by atoms with van der Waals surface area (Å²) >= 11 is 0. The largest absolute Gasteiger partial charge is 0.461 e. The van der Waals surface area contributed by atoms with E-state index in [1.54, 1.807) is 0 Å². The van der Waals surface area contributed by atoms with Gasteiger partial charge < -0.3 is 19.3 Å². The molecule has 0 amide bonds. The molecule has 0 spiro atoms. The lowest BCUT2D eigenvalue weighted by Crippen LogP contribution is -2.50. The second kappa shape index (κ2) is 4.83. The van der Waals surface area contributed by atoms with Crippen LogP contribution in [0.4, 0.5) is 8.78 Å². The third-order valence-corrected chi connectivity index (χ3v) is 2.30. The van der Waals surface area contributed by atoms with Gasteiger partial charge in [0.05, 0.1) is 13.2 Å². The minimum Gasteiger partial charge on any atom is -0.461 e. The lowest BCUT2D eigenvalue weighted by Gasteiger charge is -2.25. The van der Waals surface area contributed by atoms with Gasteiger partial charge in [-0.15, -0.1) is 0 Å². The molecule has 0 saturated carbocycles. The third-order valence-electron chi connectivity index (χ3n) is 2.30. The van der Waals surface area contributed by atoms with Gasteiger partial charge >= 0.3 is 11.9 Å². The van der Waals surface area contributed by atoms with Crippen molar-refractivity contribution in [2.24, 2.45) is 0 Å². The molecule has 1 rings (SSSR count). The molecule has 7 heteroatoms. The number of aliphatic hydroxyl groups excluding tert-OH is 1. The van der Waals surface area contributed by atoms with Gasteiger partial charge in [0, 0.05) is 0 Å². The van der Waals surface area contributed by atoms with E-state index in [4.69, 9.17) is 9.47 Å². The van der Waals surface area contributed by atoms with E-state index in [0.717, 1.165) is 0 Å². The van der Waals surface area contributed by atoms with E-state index in [1.165, 1.54) is 20.8 Å². The van der Waals surface area contributed by atoms with Gasteiger partial charge in [-0.05, 0) is 20.8 Å². The predicted octanol–water partition coefficient (Wildman–Crippen LogP) is 0.697. The average molecular weight is 254 g/mol. The molecular weight excluding hydrogens is 238 g/mol. The smallest absolute Gasteiger partial charge is 0.379 e. The highest BCUT2D eigenvalue weighted by Crippen LogP contribution is 2.31. The fraction of sp³-hybridized carbons (Fsp3) is 0.900. The van der Waals surface area contributed by atoms with E-state index >= 15 is 0 Å². The van der Waals surface area contributed by atoms with E-state index in [9.17, 15) is 18.7 Å². The minimum absolute atomic E-state index is 0.186. The molecule has 1 unspecified atom stereocenters. The summed E-state index contributed by atoms with van der Waals surface area (Å²) in [7, 11) is 0. The van der Waals surface area contributed by atoms with Crippen LogP contribution in [0.15, 0.2) is 0 Å². The molecule has 0 aromatic carbocycles. The Balaban J connectivity index is 2.69. The molecule has 1 aliphatic rings. The maximum Gasteiger partial charge on any atom is 0.379 e. The molecular formula is C10H16F2O5.